The highest BCUT2D eigenvalue weighted by atomic mass is 19.4. The number of likely N-dealkylation sites (tertiary alicyclic amines) is 1. The molecule has 7 nitrogen and oxygen atoms in total. The fraction of sp³-hybridized carbons (Fsp3) is 0.516. The van der Waals surface area contributed by atoms with Crippen LogP contribution in [0.5, 0.6) is 0 Å². The number of piperidine rings is 1. The number of nitrogens with one attached hydrogen (secondary N) is 1. The Hall–Kier alpha value is -3.84. The van der Waals surface area contributed by atoms with Gasteiger partial charge in [0, 0.05) is 50.5 Å². The van der Waals surface area contributed by atoms with Crippen LogP contribution in [-0.2, 0) is 28.5 Å². The van der Waals surface area contributed by atoms with Crippen LogP contribution in [0.3, 0.4) is 0 Å². The van der Waals surface area contributed by atoms with Crippen molar-refractivity contribution in [3.8, 4) is 0 Å². The first-order valence-corrected chi connectivity index (χ1v) is 14.5. The van der Waals surface area contributed by atoms with Crippen LogP contribution in [0.15, 0.2) is 36.4 Å². The molecule has 1 saturated heterocycles. The van der Waals surface area contributed by atoms with Gasteiger partial charge in [0.2, 0.25) is 11.8 Å². The molecule has 3 amide bonds. The van der Waals surface area contributed by atoms with Crippen molar-refractivity contribution in [3.63, 3.8) is 0 Å². The van der Waals surface area contributed by atoms with Crippen molar-refractivity contribution in [2.24, 2.45) is 11.8 Å². The van der Waals surface area contributed by atoms with E-state index in [1.807, 2.05) is 0 Å². The molecule has 1 saturated carbocycles. The molecule has 0 bridgehead atoms. The molecule has 0 radical (unpaired) electrons. The fourth-order valence-corrected chi connectivity index (χ4v) is 6.48. The van der Waals surface area contributed by atoms with Crippen LogP contribution in [0, 0.1) is 24.6 Å². The first kappa shape index (κ1) is 34.0. The highest BCUT2D eigenvalue weighted by Gasteiger charge is 2.41. The third-order valence-electron chi connectivity index (χ3n) is 8.72. The third-order valence-corrected chi connectivity index (χ3v) is 8.72. The van der Waals surface area contributed by atoms with Crippen LogP contribution in [0.4, 0.5) is 35.5 Å². The van der Waals surface area contributed by atoms with E-state index < -0.39 is 59.7 Å². The van der Waals surface area contributed by atoms with Gasteiger partial charge < -0.3 is 20.2 Å². The van der Waals surface area contributed by atoms with E-state index in [-0.39, 0.29) is 49.0 Å². The number of aryl methyl sites for hydroxylation is 1. The maximum absolute atomic E-state index is 14.0. The van der Waals surface area contributed by atoms with Gasteiger partial charge >= 0.3 is 18.4 Å². The second kappa shape index (κ2) is 13.3. The summed E-state index contributed by atoms with van der Waals surface area (Å²) < 4.78 is 94.4. The average molecular weight is 646 g/mol. The number of alkyl halides is 6. The summed E-state index contributed by atoms with van der Waals surface area (Å²) >= 11 is 0. The lowest BCUT2D eigenvalue weighted by molar-refractivity contribution is -0.144. The van der Waals surface area contributed by atoms with Gasteiger partial charge in [0.05, 0.1) is 11.1 Å². The van der Waals surface area contributed by atoms with E-state index in [4.69, 9.17) is 5.11 Å². The molecule has 1 aliphatic carbocycles. The molecule has 45 heavy (non-hydrogen) atoms. The summed E-state index contributed by atoms with van der Waals surface area (Å²) in [5, 5.41) is 11.4. The van der Waals surface area contributed by atoms with Crippen molar-refractivity contribution < 1.29 is 50.2 Å². The molecule has 1 heterocycles. The number of halogens is 7. The highest BCUT2D eigenvalue weighted by molar-refractivity contribution is 5.82. The summed E-state index contributed by atoms with van der Waals surface area (Å²) in [6.07, 6.45) is -9.09. The summed E-state index contributed by atoms with van der Waals surface area (Å²) in [5.41, 5.74) is -2.17. The van der Waals surface area contributed by atoms with E-state index >= 15 is 0 Å². The monoisotopic (exact) mass is 645 g/mol. The molecule has 0 aromatic heterocycles. The van der Waals surface area contributed by atoms with Crippen molar-refractivity contribution in [1.29, 1.82) is 0 Å². The maximum Gasteiger partial charge on any atom is 0.416 e. The molecule has 14 heteroatoms. The molecule has 2 N–H and O–H groups in total. The Labute approximate surface area is 255 Å². The summed E-state index contributed by atoms with van der Waals surface area (Å²) in [6.45, 7) is 1.43. The Bertz CT molecular complexity index is 1390. The highest BCUT2D eigenvalue weighted by Crippen LogP contribution is 2.39. The van der Waals surface area contributed by atoms with Gasteiger partial charge in [-0.2, -0.15) is 26.3 Å². The molecule has 0 unspecified atom stereocenters. The number of carbonyl (C=O) groups excluding carboxylic acids is 2. The quantitative estimate of drug-likeness (QED) is 0.347. The largest absolute Gasteiger partial charge is 0.465 e. The lowest BCUT2D eigenvalue weighted by Gasteiger charge is -2.42. The minimum absolute atomic E-state index is 0.0283. The lowest BCUT2D eigenvalue weighted by atomic mass is 9.77. The zero-order valence-electron chi connectivity index (χ0n) is 24.6. The number of amides is 3. The van der Waals surface area contributed by atoms with E-state index in [0.717, 1.165) is 4.90 Å². The number of carboxylic acid groups (broad SMARTS) is 1. The van der Waals surface area contributed by atoms with Gasteiger partial charge in [-0.05, 0) is 86.1 Å². The van der Waals surface area contributed by atoms with Crippen molar-refractivity contribution in [3.05, 3.63) is 70.0 Å². The molecule has 246 valence electrons. The molecule has 2 atom stereocenters. The predicted molar refractivity (Wildman–Crippen MR) is 148 cm³/mol. The topological polar surface area (TPSA) is 90.0 Å². The maximum atomic E-state index is 14.0. The molecule has 2 aromatic rings. The van der Waals surface area contributed by atoms with Gasteiger partial charge in [0.15, 0.2) is 0 Å². The Morgan fingerprint density at radius 3 is 2.07 bits per heavy atom. The number of hydrogen-bond acceptors (Lipinski definition) is 3. The second-order valence-electron chi connectivity index (χ2n) is 11.9. The zero-order valence-corrected chi connectivity index (χ0v) is 24.6. The summed E-state index contributed by atoms with van der Waals surface area (Å²) in [4.78, 5) is 41.0. The lowest BCUT2D eigenvalue weighted by Crippen LogP contribution is -2.50. The van der Waals surface area contributed by atoms with Gasteiger partial charge in [0.25, 0.3) is 0 Å². The Morgan fingerprint density at radius 2 is 1.53 bits per heavy atom. The summed E-state index contributed by atoms with van der Waals surface area (Å²) in [7, 11) is 1.30. The van der Waals surface area contributed by atoms with Crippen molar-refractivity contribution >= 4 is 17.9 Å². The number of nitrogens with zero attached hydrogens (tertiary/aromatic N) is 2. The van der Waals surface area contributed by atoms with Crippen molar-refractivity contribution in [2.75, 3.05) is 20.1 Å². The smallest absolute Gasteiger partial charge is 0.416 e. The molecule has 1 aliphatic heterocycles. The van der Waals surface area contributed by atoms with E-state index in [9.17, 15) is 45.1 Å². The third kappa shape index (κ3) is 8.26. The van der Waals surface area contributed by atoms with Crippen molar-refractivity contribution in [2.45, 2.75) is 69.9 Å². The first-order valence-electron chi connectivity index (χ1n) is 14.5. The number of rotatable bonds is 6. The minimum Gasteiger partial charge on any atom is -0.465 e. The van der Waals surface area contributed by atoms with Gasteiger partial charge in [0.1, 0.15) is 5.82 Å². The number of hydrogen-bond donors (Lipinski definition) is 2. The van der Waals surface area contributed by atoms with E-state index in [1.165, 1.54) is 25.2 Å². The molecule has 2 fully saturated rings. The van der Waals surface area contributed by atoms with Crippen LogP contribution in [0.25, 0.3) is 0 Å². The van der Waals surface area contributed by atoms with E-state index in [0.29, 0.717) is 48.9 Å². The fourth-order valence-electron chi connectivity index (χ4n) is 6.48. The predicted octanol–water partition coefficient (Wildman–Crippen LogP) is 6.59. The van der Waals surface area contributed by atoms with Gasteiger partial charge in [-0.1, -0.05) is 6.07 Å². The normalized spacial score (nSPS) is 22.6. The molecule has 2 aromatic carbocycles. The second-order valence-corrected chi connectivity index (χ2v) is 11.9. The van der Waals surface area contributed by atoms with E-state index in [1.54, 1.807) is 11.8 Å². The molecular weight excluding hydrogens is 611 g/mol. The van der Waals surface area contributed by atoms with Gasteiger partial charge in [-0.3, -0.25) is 9.59 Å². The number of carbonyl (C=O) groups is 3. The van der Waals surface area contributed by atoms with Crippen LogP contribution < -0.4 is 5.32 Å². The minimum atomic E-state index is -5.03. The molecule has 4 rings (SSSR count). The van der Waals surface area contributed by atoms with E-state index in [2.05, 4.69) is 5.32 Å². The van der Waals surface area contributed by atoms with Crippen LogP contribution in [0.2, 0.25) is 0 Å². The molecule has 2 aliphatic rings. The summed E-state index contributed by atoms with van der Waals surface area (Å²) in [5.74, 6) is -2.91. The SMILES string of the molecule is Cc1cc(F)ccc1[C@@H]1CN(C(=O)[C@H]2CC[C@H](NC(=O)O)CC2)CC[C@H]1C(=O)N(C)Cc1cc(C(F)(F)F)cc(C(F)(F)F)c1. The van der Waals surface area contributed by atoms with Crippen LogP contribution >= 0.6 is 0 Å². The average Bonchev–Trinajstić information content (AvgIpc) is 2.95. The number of benzene rings is 2. The Balaban J connectivity index is 1.56. The molecule has 0 spiro atoms. The van der Waals surface area contributed by atoms with Crippen LogP contribution in [-0.4, -0.2) is 59.0 Å². The van der Waals surface area contributed by atoms with Gasteiger partial charge in [-0.25, -0.2) is 9.18 Å². The zero-order chi connectivity index (χ0) is 33.3. The van der Waals surface area contributed by atoms with Crippen LogP contribution in [0.1, 0.15) is 65.8 Å². The van der Waals surface area contributed by atoms with Crippen molar-refractivity contribution in [1.82, 2.24) is 15.1 Å². The standard InChI is InChI=1S/C31H34F7N3O4/c1-17-11-22(32)5-8-24(17)26-16-41(27(42)19-3-6-23(7-4-19)39-29(44)45)10-9-25(26)28(43)40(2)15-18-12-20(30(33,34)35)14-21(13-18)31(36,37)38/h5,8,11-14,19,23,25-26,39H,3-4,6-7,9-10,15-16H2,1-2H3,(H,44,45)/t19-,23-,25-,26+/m1/s1. The van der Waals surface area contributed by atoms with Gasteiger partial charge in [-0.15, -0.1) is 0 Å². The summed E-state index contributed by atoms with van der Waals surface area (Å²) in [6, 6.07) is 5.00. The Morgan fingerprint density at radius 1 is 0.933 bits per heavy atom. The Kier molecular flexibility index (Phi) is 10.0. The molecular formula is C31H34F7N3O4. The first-order chi connectivity index (χ1) is 20.9.